The standard InChI is InChI=1S/C17H19O2P/c1-13(16(18)19)20-17(2,14-9-5-3-6-10-14)15-11-7-4-8-12-15/h3-13,20H,1-2H3,(H,18,19). The number of hydrogen-bond acceptors (Lipinski definition) is 1. The van der Waals surface area contributed by atoms with E-state index in [-0.39, 0.29) is 19.4 Å². The van der Waals surface area contributed by atoms with Gasteiger partial charge in [0.05, 0.1) is 5.66 Å². The van der Waals surface area contributed by atoms with Crippen LogP contribution in [0.25, 0.3) is 0 Å². The Kier molecular flexibility index (Phi) is 4.57. The Balaban J connectivity index is 2.46. The van der Waals surface area contributed by atoms with Crippen molar-refractivity contribution in [1.29, 1.82) is 0 Å². The van der Waals surface area contributed by atoms with Crippen LogP contribution in [0.5, 0.6) is 0 Å². The third kappa shape index (κ3) is 3.08. The van der Waals surface area contributed by atoms with E-state index in [1.807, 2.05) is 36.4 Å². The van der Waals surface area contributed by atoms with Gasteiger partial charge in [-0.3, -0.25) is 4.79 Å². The van der Waals surface area contributed by atoms with Gasteiger partial charge >= 0.3 is 5.97 Å². The molecule has 0 spiro atoms. The van der Waals surface area contributed by atoms with Crippen molar-refractivity contribution in [3.8, 4) is 0 Å². The number of aliphatic carboxylic acids is 1. The molecule has 2 nitrogen and oxygen atoms in total. The van der Waals surface area contributed by atoms with Crippen LogP contribution in [-0.2, 0) is 9.95 Å². The molecule has 0 saturated carbocycles. The fourth-order valence-corrected chi connectivity index (χ4v) is 4.03. The zero-order valence-electron chi connectivity index (χ0n) is 11.7. The molecule has 2 rings (SSSR count). The van der Waals surface area contributed by atoms with Crippen LogP contribution >= 0.6 is 8.58 Å². The number of carboxylic acid groups (broad SMARTS) is 1. The highest BCUT2D eigenvalue weighted by Crippen LogP contribution is 2.49. The Morgan fingerprint density at radius 3 is 1.75 bits per heavy atom. The molecular formula is C17H19O2P. The first-order valence-corrected chi connectivity index (χ1v) is 7.73. The topological polar surface area (TPSA) is 37.3 Å². The minimum Gasteiger partial charge on any atom is -0.481 e. The molecule has 0 aromatic heterocycles. The first kappa shape index (κ1) is 14.7. The van der Waals surface area contributed by atoms with Gasteiger partial charge in [0, 0.05) is 5.16 Å². The summed E-state index contributed by atoms with van der Waals surface area (Å²) < 4.78 is 0. The lowest BCUT2D eigenvalue weighted by molar-refractivity contribution is -0.136. The second-order valence-electron chi connectivity index (χ2n) is 5.06. The summed E-state index contributed by atoms with van der Waals surface area (Å²) in [5.74, 6) is -0.735. The minimum absolute atomic E-state index is 0.264. The summed E-state index contributed by atoms with van der Waals surface area (Å²) in [6.45, 7) is 3.92. The Bertz CT molecular complexity index is 527. The minimum atomic E-state index is -0.735. The summed E-state index contributed by atoms with van der Waals surface area (Å²) >= 11 is 0. The van der Waals surface area contributed by atoms with Crippen LogP contribution in [0.3, 0.4) is 0 Å². The van der Waals surface area contributed by atoms with Gasteiger partial charge in [0.15, 0.2) is 0 Å². The molecule has 104 valence electrons. The number of benzene rings is 2. The first-order valence-electron chi connectivity index (χ1n) is 6.65. The van der Waals surface area contributed by atoms with Crippen LogP contribution in [0.1, 0.15) is 25.0 Å². The van der Waals surface area contributed by atoms with Gasteiger partial charge in [-0.1, -0.05) is 69.2 Å². The summed E-state index contributed by atoms with van der Waals surface area (Å²) in [5.41, 5.74) is 1.97. The predicted molar refractivity (Wildman–Crippen MR) is 84.8 cm³/mol. The van der Waals surface area contributed by atoms with E-state index in [0.717, 1.165) is 11.1 Å². The number of carbonyl (C=O) groups is 1. The van der Waals surface area contributed by atoms with Crippen molar-refractivity contribution in [3.63, 3.8) is 0 Å². The van der Waals surface area contributed by atoms with Gasteiger partial charge in [0.25, 0.3) is 0 Å². The lowest BCUT2D eigenvalue weighted by Gasteiger charge is -2.32. The smallest absolute Gasteiger partial charge is 0.310 e. The maximum absolute atomic E-state index is 11.2. The van der Waals surface area contributed by atoms with Crippen LogP contribution in [0.15, 0.2) is 60.7 Å². The monoisotopic (exact) mass is 286 g/mol. The molecule has 0 heterocycles. The lowest BCUT2D eigenvalue weighted by atomic mass is 9.92. The first-order chi connectivity index (χ1) is 9.54. The fourth-order valence-electron chi connectivity index (χ4n) is 2.37. The molecule has 2 aromatic rings. The molecule has 0 saturated heterocycles. The average molecular weight is 286 g/mol. The van der Waals surface area contributed by atoms with Gasteiger partial charge in [0.2, 0.25) is 0 Å². The second kappa shape index (κ2) is 6.19. The molecular weight excluding hydrogens is 267 g/mol. The number of hydrogen-bond donors (Lipinski definition) is 1. The zero-order chi connectivity index (χ0) is 14.6. The largest absolute Gasteiger partial charge is 0.481 e. The van der Waals surface area contributed by atoms with E-state index >= 15 is 0 Å². The van der Waals surface area contributed by atoms with Gasteiger partial charge in [0.1, 0.15) is 0 Å². The van der Waals surface area contributed by atoms with Crippen LogP contribution < -0.4 is 0 Å². The molecule has 1 N–H and O–H groups in total. The predicted octanol–water partition coefficient (Wildman–Crippen LogP) is 4.10. The van der Waals surface area contributed by atoms with E-state index in [1.165, 1.54) is 0 Å². The van der Waals surface area contributed by atoms with E-state index in [4.69, 9.17) is 0 Å². The van der Waals surface area contributed by atoms with Gasteiger partial charge in [-0.15, -0.1) is 0 Å². The van der Waals surface area contributed by atoms with Gasteiger partial charge in [-0.25, -0.2) is 0 Å². The molecule has 20 heavy (non-hydrogen) atoms. The number of rotatable bonds is 5. The van der Waals surface area contributed by atoms with Gasteiger partial charge in [-0.2, -0.15) is 0 Å². The zero-order valence-corrected chi connectivity index (χ0v) is 12.7. The summed E-state index contributed by atoms with van der Waals surface area (Å²) in [7, 11) is 0.286. The molecule has 0 aliphatic heterocycles. The van der Waals surface area contributed by atoms with Gasteiger partial charge in [-0.05, 0) is 25.0 Å². The van der Waals surface area contributed by atoms with E-state index in [9.17, 15) is 9.90 Å². The van der Waals surface area contributed by atoms with Crippen LogP contribution in [0, 0.1) is 0 Å². The van der Waals surface area contributed by atoms with E-state index in [1.54, 1.807) is 6.92 Å². The summed E-state index contributed by atoms with van der Waals surface area (Å²) in [4.78, 5) is 11.2. The summed E-state index contributed by atoms with van der Waals surface area (Å²) in [6, 6.07) is 20.3. The Morgan fingerprint density at radius 2 is 1.40 bits per heavy atom. The second-order valence-corrected chi connectivity index (χ2v) is 7.22. The Hall–Kier alpha value is -1.66. The van der Waals surface area contributed by atoms with Crippen molar-refractivity contribution in [1.82, 2.24) is 0 Å². The van der Waals surface area contributed by atoms with Crippen molar-refractivity contribution in [3.05, 3.63) is 71.8 Å². The summed E-state index contributed by atoms with van der Waals surface area (Å²) in [5, 5.41) is 8.98. The van der Waals surface area contributed by atoms with Crippen LogP contribution in [0.4, 0.5) is 0 Å². The third-order valence-corrected chi connectivity index (χ3v) is 5.41. The quantitative estimate of drug-likeness (QED) is 0.840. The Morgan fingerprint density at radius 1 is 1.00 bits per heavy atom. The van der Waals surface area contributed by atoms with E-state index in [0.29, 0.717) is 0 Å². The van der Waals surface area contributed by atoms with Gasteiger partial charge < -0.3 is 5.11 Å². The maximum atomic E-state index is 11.2. The van der Waals surface area contributed by atoms with Crippen molar-refractivity contribution < 1.29 is 9.90 Å². The van der Waals surface area contributed by atoms with E-state index in [2.05, 4.69) is 31.2 Å². The molecule has 2 aromatic carbocycles. The molecule has 0 radical (unpaired) electrons. The highest BCUT2D eigenvalue weighted by Gasteiger charge is 2.32. The maximum Gasteiger partial charge on any atom is 0.310 e. The van der Waals surface area contributed by atoms with E-state index < -0.39 is 5.97 Å². The van der Waals surface area contributed by atoms with Crippen molar-refractivity contribution in [2.75, 3.05) is 0 Å². The molecule has 0 amide bonds. The molecule has 0 bridgehead atoms. The highest BCUT2D eigenvalue weighted by molar-refractivity contribution is 7.42. The molecule has 0 fully saturated rings. The average Bonchev–Trinajstić information content (AvgIpc) is 2.48. The SMILES string of the molecule is CC(PC(C)(c1ccccc1)c1ccccc1)C(=O)O. The fraction of sp³-hybridized carbons (Fsp3) is 0.235. The van der Waals surface area contributed by atoms with Crippen LogP contribution in [-0.4, -0.2) is 16.7 Å². The molecule has 0 aliphatic carbocycles. The lowest BCUT2D eigenvalue weighted by Crippen LogP contribution is -2.23. The molecule has 2 unspecified atom stereocenters. The molecule has 0 aliphatic rings. The summed E-state index contributed by atoms with van der Waals surface area (Å²) in [6.07, 6.45) is 0. The van der Waals surface area contributed by atoms with Crippen molar-refractivity contribution in [2.24, 2.45) is 0 Å². The molecule has 2 atom stereocenters. The normalized spacial score (nSPS) is 13.5. The molecule has 3 heteroatoms. The number of carboxylic acids is 1. The third-order valence-electron chi connectivity index (χ3n) is 3.58. The van der Waals surface area contributed by atoms with Crippen molar-refractivity contribution >= 4 is 14.6 Å². The highest BCUT2D eigenvalue weighted by atomic mass is 31.1. The van der Waals surface area contributed by atoms with Crippen molar-refractivity contribution in [2.45, 2.75) is 24.7 Å². The van der Waals surface area contributed by atoms with Crippen LogP contribution in [0.2, 0.25) is 0 Å². The Labute approximate surface area is 121 Å².